The minimum Gasteiger partial charge on any atom is -0.490 e. The number of hydrogen-bond donors (Lipinski definition) is 1. The zero-order chi connectivity index (χ0) is 13.6. The monoisotopic (exact) mass is 268 g/mol. The first kappa shape index (κ1) is 13.1. The number of ether oxygens (including phenoxy) is 1. The van der Waals surface area contributed by atoms with Gasteiger partial charge >= 0.3 is 0 Å². The van der Waals surface area contributed by atoms with Gasteiger partial charge in [0.05, 0.1) is 6.10 Å². The predicted molar refractivity (Wildman–Crippen MR) is 80.8 cm³/mol. The average Bonchev–Trinajstić information content (AvgIpc) is 2.78. The molecule has 0 amide bonds. The number of hydrogen-bond acceptors (Lipinski definition) is 3. The van der Waals surface area contributed by atoms with Gasteiger partial charge in [0.25, 0.3) is 0 Å². The number of nitrogens with one attached hydrogen (secondary N) is 1. The molecule has 1 atom stereocenters. The van der Waals surface area contributed by atoms with Gasteiger partial charge in [0.15, 0.2) is 0 Å². The second kappa shape index (κ2) is 6.53. The van der Waals surface area contributed by atoms with Crippen LogP contribution in [0.3, 0.4) is 0 Å². The maximum Gasteiger partial charge on any atom is 0.119 e. The van der Waals surface area contributed by atoms with Crippen molar-refractivity contribution < 1.29 is 4.74 Å². The summed E-state index contributed by atoms with van der Waals surface area (Å²) in [5, 5.41) is 3.41. The molecule has 0 saturated carbocycles. The Hall–Kier alpha value is -1.87. The first-order valence-corrected chi connectivity index (χ1v) is 7.30. The lowest BCUT2D eigenvalue weighted by atomic mass is 10.1. The van der Waals surface area contributed by atoms with Crippen molar-refractivity contribution in [3.8, 4) is 16.9 Å². The van der Waals surface area contributed by atoms with Crippen molar-refractivity contribution in [2.45, 2.75) is 25.4 Å². The molecule has 3 nitrogen and oxygen atoms in total. The van der Waals surface area contributed by atoms with Gasteiger partial charge in [0, 0.05) is 12.4 Å². The molecule has 1 N–H and O–H groups in total. The van der Waals surface area contributed by atoms with E-state index in [-0.39, 0.29) is 0 Å². The Balaban J connectivity index is 1.67. The lowest BCUT2D eigenvalue weighted by molar-refractivity contribution is 0.187. The molecule has 20 heavy (non-hydrogen) atoms. The topological polar surface area (TPSA) is 34.1 Å². The molecule has 1 aliphatic rings. The van der Waals surface area contributed by atoms with Gasteiger partial charge in [-0.2, -0.15) is 0 Å². The van der Waals surface area contributed by atoms with Gasteiger partial charge in [0.1, 0.15) is 5.75 Å². The standard InChI is InChI=1S/C17H20N2O/c1-3-15(13-19-11-1)14-5-7-17(8-6-14)20-16-4-2-10-18-12-9-16/h1,3,5-8,11,13,16,18H,2,4,9-10,12H2. The van der Waals surface area contributed by atoms with Crippen LogP contribution in [0.15, 0.2) is 48.8 Å². The van der Waals surface area contributed by atoms with Crippen LogP contribution in [-0.2, 0) is 0 Å². The van der Waals surface area contributed by atoms with E-state index in [1.165, 1.54) is 12.0 Å². The summed E-state index contributed by atoms with van der Waals surface area (Å²) in [6.45, 7) is 2.16. The summed E-state index contributed by atoms with van der Waals surface area (Å²) in [7, 11) is 0. The second-order valence-electron chi connectivity index (χ2n) is 5.19. The van der Waals surface area contributed by atoms with E-state index in [9.17, 15) is 0 Å². The van der Waals surface area contributed by atoms with E-state index in [0.717, 1.165) is 37.2 Å². The highest BCUT2D eigenvalue weighted by atomic mass is 16.5. The normalized spacial score (nSPS) is 19.3. The summed E-state index contributed by atoms with van der Waals surface area (Å²) in [4.78, 5) is 4.15. The van der Waals surface area contributed by atoms with E-state index < -0.39 is 0 Å². The summed E-state index contributed by atoms with van der Waals surface area (Å²) in [6, 6.07) is 12.3. The van der Waals surface area contributed by atoms with Crippen molar-refractivity contribution in [3.05, 3.63) is 48.8 Å². The van der Waals surface area contributed by atoms with Crippen molar-refractivity contribution >= 4 is 0 Å². The smallest absolute Gasteiger partial charge is 0.119 e. The van der Waals surface area contributed by atoms with E-state index in [4.69, 9.17) is 4.74 Å². The van der Waals surface area contributed by atoms with Gasteiger partial charge in [-0.05, 0) is 61.7 Å². The molecule has 1 aromatic carbocycles. The number of benzene rings is 1. The maximum absolute atomic E-state index is 6.07. The summed E-state index contributed by atoms with van der Waals surface area (Å²) in [5.74, 6) is 0.963. The molecule has 1 aliphatic heterocycles. The van der Waals surface area contributed by atoms with E-state index in [2.05, 4.69) is 40.6 Å². The summed E-state index contributed by atoms with van der Waals surface area (Å²) < 4.78 is 6.07. The third-order valence-electron chi connectivity index (χ3n) is 3.67. The quantitative estimate of drug-likeness (QED) is 0.927. The van der Waals surface area contributed by atoms with Crippen LogP contribution in [0.5, 0.6) is 5.75 Å². The van der Waals surface area contributed by atoms with E-state index in [0.29, 0.717) is 6.10 Å². The minimum absolute atomic E-state index is 0.342. The summed E-state index contributed by atoms with van der Waals surface area (Å²) >= 11 is 0. The lowest BCUT2D eigenvalue weighted by Crippen LogP contribution is -2.19. The van der Waals surface area contributed by atoms with Gasteiger partial charge in [-0.3, -0.25) is 4.98 Å². The van der Waals surface area contributed by atoms with E-state index >= 15 is 0 Å². The molecular weight excluding hydrogens is 248 g/mol. The van der Waals surface area contributed by atoms with Gasteiger partial charge < -0.3 is 10.1 Å². The summed E-state index contributed by atoms with van der Waals surface area (Å²) in [6.07, 6.45) is 7.43. The van der Waals surface area contributed by atoms with Crippen LogP contribution in [-0.4, -0.2) is 24.2 Å². The van der Waals surface area contributed by atoms with Crippen LogP contribution in [0.4, 0.5) is 0 Å². The highest BCUT2D eigenvalue weighted by Gasteiger charge is 2.13. The van der Waals surface area contributed by atoms with Crippen LogP contribution in [0.25, 0.3) is 11.1 Å². The fourth-order valence-corrected chi connectivity index (χ4v) is 2.56. The molecule has 2 aromatic rings. The van der Waals surface area contributed by atoms with Gasteiger partial charge in [-0.15, -0.1) is 0 Å². The fourth-order valence-electron chi connectivity index (χ4n) is 2.56. The van der Waals surface area contributed by atoms with Crippen LogP contribution in [0.1, 0.15) is 19.3 Å². The number of rotatable bonds is 3. The Morgan fingerprint density at radius 1 is 1.00 bits per heavy atom. The van der Waals surface area contributed by atoms with Crippen LogP contribution in [0, 0.1) is 0 Å². The third-order valence-corrected chi connectivity index (χ3v) is 3.67. The van der Waals surface area contributed by atoms with Gasteiger partial charge in [-0.1, -0.05) is 18.2 Å². The molecule has 1 unspecified atom stereocenters. The number of pyridine rings is 1. The Kier molecular flexibility index (Phi) is 4.28. The van der Waals surface area contributed by atoms with E-state index in [1.54, 1.807) is 6.20 Å². The molecule has 104 valence electrons. The lowest BCUT2D eigenvalue weighted by Gasteiger charge is -2.16. The Morgan fingerprint density at radius 3 is 2.70 bits per heavy atom. The molecule has 0 bridgehead atoms. The molecule has 3 rings (SSSR count). The second-order valence-corrected chi connectivity index (χ2v) is 5.19. The Morgan fingerprint density at radius 2 is 1.90 bits per heavy atom. The molecule has 2 heterocycles. The molecule has 0 aliphatic carbocycles. The zero-order valence-corrected chi connectivity index (χ0v) is 11.6. The van der Waals surface area contributed by atoms with Crippen LogP contribution in [0.2, 0.25) is 0 Å². The van der Waals surface area contributed by atoms with Crippen LogP contribution < -0.4 is 10.1 Å². The molecular formula is C17H20N2O. The van der Waals surface area contributed by atoms with Gasteiger partial charge in [0.2, 0.25) is 0 Å². The zero-order valence-electron chi connectivity index (χ0n) is 11.6. The summed E-state index contributed by atoms with van der Waals surface area (Å²) in [5.41, 5.74) is 2.31. The third kappa shape index (κ3) is 3.36. The van der Waals surface area contributed by atoms with E-state index in [1.807, 2.05) is 12.3 Å². The molecule has 1 aromatic heterocycles. The van der Waals surface area contributed by atoms with Crippen molar-refractivity contribution in [3.63, 3.8) is 0 Å². The molecule has 3 heteroatoms. The largest absolute Gasteiger partial charge is 0.490 e. The minimum atomic E-state index is 0.342. The SMILES string of the molecule is c1cncc(-c2ccc(OC3CCCNCC3)cc2)c1. The number of aromatic nitrogens is 1. The Bertz CT molecular complexity index is 516. The van der Waals surface area contributed by atoms with Crippen molar-refractivity contribution in [2.24, 2.45) is 0 Å². The molecule has 0 radical (unpaired) electrons. The molecule has 1 fully saturated rings. The molecule has 0 spiro atoms. The molecule has 1 saturated heterocycles. The van der Waals surface area contributed by atoms with Crippen molar-refractivity contribution in [1.82, 2.24) is 10.3 Å². The fraction of sp³-hybridized carbons (Fsp3) is 0.353. The maximum atomic E-state index is 6.07. The van der Waals surface area contributed by atoms with Crippen molar-refractivity contribution in [2.75, 3.05) is 13.1 Å². The van der Waals surface area contributed by atoms with Crippen molar-refractivity contribution in [1.29, 1.82) is 0 Å². The average molecular weight is 268 g/mol. The highest BCUT2D eigenvalue weighted by Crippen LogP contribution is 2.23. The highest BCUT2D eigenvalue weighted by molar-refractivity contribution is 5.62. The van der Waals surface area contributed by atoms with Gasteiger partial charge in [-0.25, -0.2) is 0 Å². The predicted octanol–water partition coefficient (Wildman–Crippen LogP) is 3.27. The first-order valence-electron chi connectivity index (χ1n) is 7.30. The number of nitrogens with zero attached hydrogens (tertiary/aromatic N) is 1. The Labute approximate surface area is 120 Å². The first-order chi connectivity index (χ1) is 9.92. The van der Waals surface area contributed by atoms with Crippen LogP contribution >= 0.6 is 0 Å².